The zero-order valence-electron chi connectivity index (χ0n) is 13.3. The molecule has 3 aromatic rings. The van der Waals surface area contributed by atoms with Gasteiger partial charge in [-0.3, -0.25) is 4.79 Å². The molecule has 0 spiro atoms. The summed E-state index contributed by atoms with van der Waals surface area (Å²) < 4.78 is 2.05. The van der Waals surface area contributed by atoms with Crippen molar-refractivity contribution >= 4 is 21.6 Å². The van der Waals surface area contributed by atoms with Crippen LogP contribution < -0.4 is 10.1 Å². The number of rotatable bonds is 3. The average Bonchev–Trinajstić information content (AvgIpc) is 2.94. The van der Waals surface area contributed by atoms with Crippen molar-refractivity contribution in [1.82, 2.24) is 9.97 Å². The molecule has 1 aliphatic carbocycles. The van der Waals surface area contributed by atoms with E-state index in [4.69, 9.17) is 4.98 Å². The van der Waals surface area contributed by atoms with Crippen LogP contribution in [0.1, 0.15) is 41.6 Å². The van der Waals surface area contributed by atoms with Crippen molar-refractivity contribution in [2.45, 2.75) is 45.6 Å². The van der Waals surface area contributed by atoms with Crippen LogP contribution in [0, 0.1) is 0 Å². The molecule has 3 heterocycles. The minimum atomic E-state index is 0.0233. The Kier molecular flexibility index (Phi) is 3.73. The van der Waals surface area contributed by atoms with Crippen LogP contribution in [0.3, 0.4) is 0 Å². The lowest BCUT2D eigenvalue weighted by atomic mass is 9.97. The summed E-state index contributed by atoms with van der Waals surface area (Å²) in [4.78, 5) is 22.5. The van der Waals surface area contributed by atoms with Crippen molar-refractivity contribution in [3.8, 4) is 0 Å². The van der Waals surface area contributed by atoms with E-state index in [1.165, 1.54) is 28.8 Å². The normalized spacial score (nSPS) is 14.1. The van der Waals surface area contributed by atoms with Gasteiger partial charge in [0.05, 0.1) is 5.39 Å². The number of pyridine rings is 1. The van der Waals surface area contributed by atoms with Gasteiger partial charge in [0.25, 0.3) is 5.56 Å². The first-order chi connectivity index (χ1) is 11.2. The maximum absolute atomic E-state index is 12.5. The van der Waals surface area contributed by atoms with Crippen LogP contribution in [-0.4, -0.2) is 9.97 Å². The van der Waals surface area contributed by atoms with E-state index >= 15 is 0 Å². The molecule has 5 heteroatoms. The molecule has 23 heavy (non-hydrogen) atoms. The topological polar surface area (TPSA) is 49.6 Å². The number of hydrogen-bond acceptors (Lipinski definition) is 3. The Morgan fingerprint density at radius 2 is 2.04 bits per heavy atom. The molecule has 1 aliphatic rings. The summed E-state index contributed by atoms with van der Waals surface area (Å²) in [6, 6.07) is 4.22. The molecule has 0 fully saturated rings. The molecule has 0 aliphatic heterocycles. The minimum absolute atomic E-state index is 0.0233. The van der Waals surface area contributed by atoms with Gasteiger partial charge in [0.15, 0.2) is 18.2 Å². The van der Waals surface area contributed by atoms with Gasteiger partial charge in [-0.25, -0.2) is 4.98 Å². The molecule has 118 valence electrons. The van der Waals surface area contributed by atoms with Crippen LogP contribution >= 0.6 is 11.3 Å². The molecule has 3 aromatic heterocycles. The number of aromatic amines is 1. The zero-order chi connectivity index (χ0) is 15.8. The fourth-order valence-corrected chi connectivity index (χ4v) is 4.57. The largest absolute Gasteiger partial charge is 0.305 e. The molecule has 0 saturated heterocycles. The lowest BCUT2D eigenvalue weighted by molar-refractivity contribution is -0.689. The zero-order valence-corrected chi connectivity index (χ0v) is 14.1. The van der Waals surface area contributed by atoms with Crippen LogP contribution in [0.4, 0.5) is 0 Å². The highest BCUT2D eigenvalue weighted by Crippen LogP contribution is 2.33. The Bertz CT molecular complexity index is 908. The van der Waals surface area contributed by atoms with Crippen LogP contribution in [0.15, 0.2) is 29.3 Å². The van der Waals surface area contributed by atoms with Crippen molar-refractivity contribution in [2.75, 3.05) is 0 Å². The van der Waals surface area contributed by atoms with E-state index in [0.717, 1.165) is 35.3 Å². The number of fused-ring (bicyclic) bond motifs is 3. The van der Waals surface area contributed by atoms with Crippen molar-refractivity contribution in [3.63, 3.8) is 0 Å². The predicted octanol–water partition coefficient (Wildman–Crippen LogP) is 2.76. The maximum Gasteiger partial charge on any atom is 0.260 e. The van der Waals surface area contributed by atoms with E-state index in [0.29, 0.717) is 6.54 Å². The minimum Gasteiger partial charge on any atom is -0.305 e. The van der Waals surface area contributed by atoms with E-state index in [1.807, 2.05) is 12.4 Å². The Hall–Kier alpha value is -2.01. The van der Waals surface area contributed by atoms with Gasteiger partial charge < -0.3 is 4.98 Å². The van der Waals surface area contributed by atoms with Gasteiger partial charge in [-0.15, -0.1) is 11.3 Å². The molecule has 0 saturated carbocycles. The second-order valence-corrected chi connectivity index (χ2v) is 7.22. The van der Waals surface area contributed by atoms with E-state index in [9.17, 15) is 4.79 Å². The molecule has 0 amide bonds. The molecule has 4 nitrogen and oxygen atoms in total. The van der Waals surface area contributed by atoms with Crippen molar-refractivity contribution in [2.24, 2.45) is 0 Å². The Morgan fingerprint density at radius 1 is 1.26 bits per heavy atom. The fourth-order valence-electron chi connectivity index (χ4n) is 3.29. The second kappa shape index (κ2) is 5.89. The summed E-state index contributed by atoms with van der Waals surface area (Å²) >= 11 is 1.70. The van der Waals surface area contributed by atoms with Crippen LogP contribution in [0.5, 0.6) is 0 Å². The summed E-state index contributed by atoms with van der Waals surface area (Å²) in [5.41, 5.74) is 2.58. The smallest absolute Gasteiger partial charge is 0.260 e. The van der Waals surface area contributed by atoms with E-state index in [-0.39, 0.29) is 5.56 Å². The van der Waals surface area contributed by atoms with Crippen LogP contribution in [0.2, 0.25) is 0 Å². The first kappa shape index (κ1) is 14.6. The third-order valence-corrected chi connectivity index (χ3v) is 5.76. The second-order valence-electron chi connectivity index (χ2n) is 6.14. The highest BCUT2D eigenvalue weighted by Gasteiger charge is 2.20. The first-order valence-corrected chi connectivity index (χ1v) is 9.07. The van der Waals surface area contributed by atoms with Gasteiger partial charge in [0.1, 0.15) is 4.83 Å². The summed E-state index contributed by atoms with van der Waals surface area (Å²) in [7, 11) is 0. The van der Waals surface area contributed by atoms with E-state index in [2.05, 4.69) is 28.6 Å². The average molecular weight is 326 g/mol. The quantitative estimate of drug-likeness (QED) is 0.753. The third-order valence-electron chi connectivity index (χ3n) is 4.57. The fraction of sp³-hybridized carbons (Fsp3) is 0.389. The van der Waals surface area contributed by atoms with Gasteiger partial charge in [0.2, 0.25) is 6.54 Å². The summed E-state index contributed by atoms with van der Waals surface area (Å²) in [5, 5.41) is 0.833. The number of aromatic nitrogens is 3. The monoisotopic (exact) mass is 326 g/mol. The number of nitrogens with zero attached hydrogens (tertiary/aromatic N) is 2. The van der Waals surface area contributed by atoms with Gasteiger partial charge in [-0.1, -0.05) is 6.92 Å². The first-order valence-electron chi connectivity index (χ1n) is 8.26. The Labute approximate surface area is 138 Å². The van der Waals surface area contributed by atoms with Gasteiger partial charge in [-0.2, -0.15) is 4.57 Å². The summed E-state index contributed by atoms with van der Waals surface area (Å²) in [5.74, 6) is 0.732. The van der Waals surface area contributed by atoms with Gasteiger partial charge >= 0.3 is 0 Å². The van der Waals surface area contributed by atoms with E-state index < -0.39 is 0 Å². The Balaban J connectivity index is 1.72. The standard InChI is InChI=1S/C18H19N3OS/c1-2-12-7-9-21(10-8-12)11-15-19-17(22)16-13-5-3-4-6-14(13)23-18(16)20-15/h7-10H,2-6,11H2,1H3/p+1. The van der Waals surface area contributed by atoms with Crippen molar-refractivity contribution in [3.05, 3.63) is 56.7 Å². The summed E-state index contributed by atoms with van der Waals surface area (Å²) in [6.45, 7) is 2.74. The van der Waals surface area contributed by atoms with Crippen LogP contribution in [0.25, 0.3) is 10.2 Å². The number of nitrogens with one attached hydrogen (secondary N) is 1. The van der Waals surface area contributed by atoms with E-state index in [1.54, 1.807) is 11.3 Å². The van der Waals surface area contributed by atoms with Crippen molar-refractivity contribution < 1.29 is 4.57 Å². The maximum atomic E-state index is 12.5. The number of thiophene rings is 1. The molecule has 0 aromatic carbocycles. The molecule has 1 N–H and O–H groups in total. The van der Waals surface area contributed by atoms with Gasteiger partial charge in [0, 0.05) is 17.0 Å². The highest BCUT2D eigenvalue weighted by molar-refractivity contribution is 7.18. The molecule has 0 atom stereocenters. The lowest BCUT2D eigenvalue weighted by Crippen LogP contribution is -2.35. The van der Waals surface area contributed by atoms with Gasteiger partial charge in [-0.05, 0) is 43.2 Å². The van der Waals surface area contributed by atoms with Crippen molar-refractivity contribution in [1.29, 1.82) is 0 Å². The SMILES string of the molecule is CCc1cc[n+](Cc2nc3sc4c(c3c(=O)[nH]2)CCCC4)cc1. The number of hydrogen-bond donors (Lipinski definition) is 1. The molecule has 0 unspecified atom stereocenters. The third kappa shape index (κ3) is 2.70. The molecular formula is C18H20N3OS+. The molecular weight excluding hydrogens is 306 g/mol. The lowest BCUT2D eigenvalue weighted by Gasteiger charge is -2.09. The Morgan fingerprint density at radius 3 is 2.83 bits per heavy atom. The molecule has 0 radical (unpaired) electrons. The highest BCUT2D eigenvalue weighted by atomic mass is 32.1. The number of H-pyrrole nitrogens is 1. The van der Waals surface area contributed by atoms with Crippen LogP contribution in [-0.2, 0) is 25.8 Å². The summed E-state index contributed by atoms with van der Waals surface area (Å²) in [6.07, 6.45) is 9.64. The molecule has 4 rings (SSSR count). The predicted molar refractivity (Wildman–Crippen MR) is 92.0 cm³/mol. The number of aryl methyl sites for hydroxylation is 3. The molecule has 0 bridgehead atoms.